The van der Waals surface area contributed by atoms with Crippen LogP contribution in [-0.2, 0) is 20.9 Å². The van der Waals surface area contributed by atoms with E-state index in [1.54, 1.807) is 6.92 Å². The Balaban J connectivity index is 2.39. The van der Waals surface area contributed by atoms with Gasteiger partial charge in [0.15, 0.2) is 5.76 Å². The monoisotopic (exact) mass is 386 g/mol. The van der Waals surface area contributed by atoms with E-state index in [2.05, 4.69) is 41.2 Å². The summed E-state index contributed by atoms with van der Waals surface area (Å²) in [4.78, 5) is 20.2. The van der Waals surface area contributed by atoms with Gasteiger partial charge in [0.05, 0.1) is 14.2 Å². The molecule has 1 aromatic carbocycles. The molecule has 0 bridgehead atoms. The lowest BCUT2D eigenvalue weighted by Gasteiger charge is -2.16. The number of rotatable bonds is 8. The average molecular weight is 386 g/mol. The molecule has 28 heavy (non-hydrogen) atoms. The second kappa shape index (κ2) is 9.21. The second-order valence-electron chi connectivity index (χ2n) is 6.60. The number of carbonyl (C=O) groups excluding carboxylic acids is 1. The van der Waals surface area contributed by atoms with Crippen LogP contribution in [0.4, 0.5) is 0 Å². The van der Waals surface area contributed by atoms with E-state index < -0.39 is 5.97 Å². The van der Waals surface area contributed by atoms with Crippen molar-refractivity contribution < 1.29 is 23.7 Å². The van der Waals surface area contributed by atoms with Crippen molar-refractivity contribution in [3.05, 3.63) is 53.1 Å². The smallest absolute Gasteiger partial charge is 0.372 e. The highest BCUT2D eigenvalue weighted by Gasteiger charge is 2.19. The van der Waals surface area contributed by atoms with E-state index in [9.17, 15) is 4.79 Å². The minimum absolute atomic E-state index is 0.0599. The first kappa shape index (κ1) is 21.2. The van der Waals surface area contributed by atoms with Gasteiger partial charge < -0.3 is 18.9 Å². The van der Waals surface area contributed by atoms with Crippen molar-refractivity contribution in [1.82, 2.24) is 9.97 Å². The van der Waals surface area contributed by atoms with Gasteiger partial charge in [-0.15, -0.1) is 0 Å². The Morgan fingerprint density at radius 3 is 2.39 bits per heavy atom. The lowest BCUT2D eigenvalue weighted by molar-refractivity contribution is -0.140. The molecule has 0 amide bonds. The standard InChI is InChI=1S/C21H26N2O5/c1-12(2)16-8-13(3)9-17(10-16)28-20-18(11-27-14(4)21(24)26-7)19(25-6)22-15(5)23-20/h8-10,12H,4,11H2,1-3,5-7H3. The van der Waals surface area contributed by atoms with Crippen molar-refractivity contribution in [1.29, 1.82) is 0 Å². The predicted molar refractivity (Wildman–Crippen MR) is 105 cm³/mol. The van der Waals surface area contributed by atoms with Gasteiger partial charge in [0.2, 0.25) is 11.8 Å². The zero-order valence-electron chi connectivity index (χ0n) is 17.2. The van der Waals surface area contributed by atoms with E-state index in [4.69, 9.17) is 14.2 Å². The zero-order chi connectivity index (χ0) is 20.8. The molecule has 0 aliphatic carbocycles. The molecular weight excluding hydrogens is 360 g/mol. The van der Waals surface area contributed by atoms with E-state index >= 15 is 0 Å². The Morgan fingerprint density at radius 1 is 1.11 bits per heavy atom. The zero-order valence-corrected chi connectivity index (χ0v) is 17.2. The largest absolute Gasteiger partial charge is 0.482 e. The van der Waals surface area contributed by atoms with Crippen molar-refractivity contribution in [3.8, 4) is 17.5 Å². The first-order valence-electron chi connectivity index (χ1n) is 8.86. The van der Waals surface area contributed by atoms with Crippen molar-refractivity contribution in [2.75, 3.05) is 14.2 Å². The fraction of sp³-hybridized carbons (Fsp3) is 0.381. The van der Waals surface area contributed by atoms with E-state index in [1.165, 1.54) is 14.2 Å². The summed E-state index contributed by atoms with van der Waals surface area (Å²) in [6.07, 6.45) is 0. The molecule has 0 unspecified atom stereocenters. The highest BCUT2D eigenvalue weighted by molar-refractivity contribution is 5.85. The molecule has 7 nitrogen and oxygen atoms in total. The average Bonchev–Trinajstić information content (AvgIpc) is 2.65. The van der Waals surface area contributed by atoms with Crippen molar-refractivity contribution in [3.63, 3.8) is 0 Å². The predicted octanol–water partition coefficient (Wildman–Crippen LogP) is 4.22. The number of nitrogens with zero attached hydrogens (tertiary/aromatic N) is 2. The van der Waals surface area contributed by atoms with E-state index in [0.29, 0.717) is 34.8 Å². The summed E-state index contributed by atoms with van der Waals surface area (Å²) < 4.78 is 21.4. The van der Waals surface area contributed by atoms with Gasteiger partial charge in [-0.2, -0.15) is 9.97 Å². The maximum atomic E-state index is 11.5. The molecule has 2 aromatic rings. The summed E-state index contributed by atoms with van der Waals surface area (Å²) in [5.41, 5.74) is 2.70. The molecule has 0 saturated carbocycles. The van der Waals surface area contributed by atoms with Gasteiger partial charge in [-0.25, -0.2) is 4.79 Å². The van der Waals surface area contributed by atoms with Crippen molar-refractivity contribution >= 4 is 5.97 Å². The molecule has 2 rings (SSSR count). The summed E-state index contributed by atoms with van der Waals surface area (Å²) in [7, 11) is 2.75. The van der Waals surface area contributed by atoms with E-state index in [-0.39, 0.29) is 12.4 Å². The van der Waals surface area contributed by atoms with Crippen LogP contribution in [0.5, 0.6) is 17.5 Å². The molecule has 0 N–H and O–H groups in total. The van der Waals surface area contributed by atoms with Crippen LogP contribution in [0.1, 0.15) is 42.3 Å². The topological polar surface area (TPSA) is 79.8 Å². The Morgan fingerprint density at radius 2 is 1.79 bits per heavy atom. The number of esters is 1. The van der Waals surface area contributed by atoms with Gasteiger partial charge >= 0.3 is 5.97 Å². The Kier molecular flexibility index (Phi) is 6.98. The fourth-order valence-corrected chi connectivity index (χ4v) is 2.53. The quantitative estimate of drug-likeness (QED) is 0.382. The molecule has 1 aromatic heterocycles. The summed E-state index contributed by atoms with van der Waals surface area (Å²) in [6, 6.07) is 6.02. The summed E-state index contributed by atoms with van der Waals surface area (Å²) in [5, 5.41) is 0. The van der Waals surface area contributed by atoms with Crippen LogP contribution < -0.4 is 9.47 Å². The molecular formula is C21H26N2O5. The molecule has 0 saturated heterocycles. The Bertz CT molecular complexity index is 877. The Labute approximate surface area is 165 Å². The first-order valence-corrected chi connectivity index (χ1v) is 8.86. The minimum Gasteiger partial charge on any atom is -0.482 e. The third kappa shape index (κ3) is 5.22. The molecule has 1 heterocycles. The number of carbonyl (C=O) groups is 1. The van der Waals surface area contributed by atoms with Gasteiger partial charge in [-0.3, -0.25) is 0 Å². The van der Waals surface area contributed by atoms with Gasteiger partial charge in [0.1, 0.15) is 23.7 Å². The van der Waals surface area contributed by atoms with Crippen LogP contribution in [0.15, 0.2) is 30.5 Å². The highest BCUT2D eigenvalue weighted by Crippen LogP contribution is 2.32. The van der Waals surface area contributed by atoms with Crippen LogP contribution in [0.2, 0.25) is 0 Å². The number of benzene rings is 1. The summed E-state index contributed by atoms with van der Waals surface area (Å²) in [5.74, 6) is 1.30. The molecule has 0 radical (unpaired) electrons. The number of ether oxygens (including phenoxy) is 4. The van der Waals surface area contributed by atoms with Crippen LogP contribution in [0, 0.1) is 13.8 Å². The number of aromatic nitrogens is 2. The molecule has 0 atom stereocenters. The fourth-order valence-electron chi connectivity index (χ4n) is 2.53. The third-order valence-electron chi connectivity index (χ3n) is 3.99. The van der Waals surface area contributed by atoms with Crippen LogP contribution >= 0.6 is 0 Å². The number of methoxy groups -OCH3 is 2. The van der Waals surface area contributed by atoms with Gasteiger partial charge in [-0.1, -0.05) is 19.9 Å². The lowest BCUT2D eigenvalue weighted by Crippen LogP contribution is -2.10. The normalized spacial score (nSPS) is 10.5. The third-order valence-corrected chi connectivity index (χ3v) is 3.99. The molecule has 7 heteroatoms. The van der Waals surface area contributed by atoms with Gasteiger partial charge in [0, 0.05) is 0 Å². The van der Waals surface area contributed by atoms with Gasteiger partial charge in [0.25, 0.3) is 0 Å². The van der Waals surface area contributed by atoms with Crippen LogP contribution in [-0.4, -0.2) is 30.2 Å². The van der Waals surface area contributed by atoms with Gasteiger partial charge in [-0.05, 0) is 49.6 Å². The van der Waals surface area contributed by atoms with Crippen LogP contribution in [0.3, 0.4) is 0 Å². The SMILES string of the molecule is C=C(OCc1c(OC)nc(C)nc1Oc1cc(C)cc(C(C)C)c1)C(=O)OC. The maximum Gasteiger partial charge on any atom is 0.372 e. The molecule has 0 aliphatic rings. The number of hydrogen-bond acceptors (Lipinski definition) is 7. The van der Waals surface area contributed by atoms with Crippen molar-refractivity contribution in [2.24, 2.45) is 0 Å². The lowest BCUT2D eigenvalue weighted by atomic mass is 10.0. The minimum atomic E-state index is -0.658. The molecule has 0 spiro atoms. The summed E-state index contributed by atoms with van der Waals surface area (Å²) in [6.45, 7) is 11.5. The van der Waals surface area contributed by atoms with E-state index in [0.717, 1.165) is 11.1 Å². The van der Waals surface area contributed by atoms with Crippen molar-refractivity contribution in [2.45, 2.75) is 40.2 Å². The van der Waals surface area contributed by atoms with E-state index in [1.807, 2.05) is 19.1 Å². The highest BCUT2D eigenvalue weighted by atomic mass is 16.6. The Hall–Kier alpha value is -3.09. The molecule has 0 aliphatic heterocycles. The second-order valence-corrected chi connectivity index (χ2v) is 6.60. The first-order chi connectivity index (χ1) is 13.2. The van der Waals surface area contributed by atoms with Crippen LogP contribution in [0.25, 0.3) is 0 Å². The number of hydrogen-bond donors (Lipinski definition) is 0. The molecule has 150 valence electrons. The number of aryl methyl sites for hydroxylation is 2. The molecule has 0 fully saturated rings. The summed E-state index contributed by atoms with van der Waals surface area (Å²) >= 11 is 0. The maximum absolute atomic E-state index is 11.5.